The van der Waals surface area contributed by atoms with Gasteiger partial charge in [-0.15, -0.1) is 22.9 Å². The maximum absolute atomic E-state index is 12.0. The van der Waals surface area contributed by atoms with Gasteiger partial charge in [-0.05, 0) is 45.1 Å². The van der Waals surface area contributed by atoms with Crippen molar-refractivity contribution in [2.24, 2.45) is 0 Å². The molecule has 0 fully saturated rings. The van der Waals surface area contributed by atoms with Gasteiger partial charge in [0, 0.05) is 9.35 Å². The van der Waals surface area contributed by atoms with E-state index in [4.69, 9.17) is 11.6 Å². The van der Waals surface area contributed by atoms with Crippen LogP contribution in [0.2, 0.25) is 0 Å². The summed E-state index contributed by atoms with van der Waals surface area (Å²) in [5.74, 6) is 0.128. The van der Waals surface area contributed by atoms with E-state index in [-0.39, 0.29) is 11.1 Å². The number of alkyl halides is 3. The molecule has 0 aliphatic rings. The maximum atomic E-state index is 12.0. The Morgan fingerprint density at radius 3 is 2.33 bits per heavy atom. The Bertz CT molecular complexity index is 515. The molecule has 0 saturated carbocycles. The zero-order chi connectivity index (χ0) is 13.1. The molecule has 2 aromatic rings. The molecule has 0 spiro atoms. The summed E-state index contributed by atoms with van der Waals surface area (Å²) in [6.45, 7) is -2.81. The highest BCUT2D eigenvalue weighted by Gasteiger charge is 2.15. The molecule has 1 unspecified atom stereocenters. The summed E-state index contributed by atoms with van der Waals surface area (Å²) in [6, 6.07) is 8.25. The Hall–Kier alpha value is -0.650. The first kappa shape index (κ1) is 13.8. The second-order valence-corrected chi connectivity index (χ2v) is 5.68. The summed E-state index contributed by atoms with van der Waals surface area (Å²) in [5, 5.41) is 1.63. The summed E-state index contributed by atoms with van der Waals surface area (Å²) < 4.78 is 29.2. The van der Waals surface area contributed by atoms with Gasteiger partial charge in [0.2, 0.25) is 0 Å². The summed E-state index contributed by atoms with van der Waals surface area (Å²) in [7, 11) is 0. The molecule has 1 aromatic carbocycles. The van der Waals surface area contributed by atoms with Crippen molar-refractivity contribution in [2.75, 3.05) is 0 Å². The molecule has 1 nitrogen and oxygen atoms in total. The molecule has 1 aromatic heterocycles. The van der Waals surface area contributed by atoms with Gasteiger partial charge in [0.1, 0.15) is 5.75 Å². The van der Waals surface area contributed by atoms with Crippen LogP contribution in [0.4, 0.5) is 8.78 Å². The molecule has 1 heterocycles. The number of ether oxygens (including phenoxy) is 1. The van der Waals surface area contributed by atoms with E-state index in [0.29, 0.717) is 0 Å². The lowest BCUT2D eigenvalue weighted by molar-refractivity contribution is -0.0498. The number of rotatable bonds is 4. The van der Waals surface area contributed by atoms with Gasteiger partial charge in [0.15, 0.2) is 0 Å². The minimum atomic E-state index is -2.81. The predicted octanol–water partition coefficient (Wildman–Crippen LogP) is 5.44. The smallest absolute Gasteiger partial charge is 0.387 e. The van der Waals surface area contributed by atoms with Crippen LogP contribution in [0.25, 0.3) is 0 Å². The van der Waals surface area contributed by atoms with Crippen LogP contribution >= 0.6 is 38.9 Å². The van der Waals surface area contributed by atoms with E-state index < -0.39 is 6.61 Å². The highest BCUT2D eigenvalue weighted by atomic mass is 79.9. The summed E-state index contributed by atoms with van der Waals surface area (Å²) in [6.07, 6.45) is 0. The number of hydrogen-bond donors (Lipinski definition) is 0. The summed E-state index contributed by atoms with van der Waals surface area (Å²) >= 11 is 11.3. The number of halogens is 4. The molecular weight excluding hydrogens is 346 g/mol. The lowest BCUT2D eigenvalue weighted by atomic mass is 10.1. The van der Waals surface area contributed by atoms with Crippen molar-refractivity contribution in [3.63, 3.8) is 0 Å². The van der Waals surface area contributed by atoms with E-state index in [9.17, 15) is 8.78 Å². The van der Waals surface area contributed by atoms with Crippen molar-refractivity contribution in [1.29, 1.82) is 0 Å². The van der Waals surface area contributed by atoms with Crippen LogP contribution in [-0.4, -0.2) is 6.61 Å². The molecule has 1 atom stereocenters. The Morgan fingerprint density at radius 1 is 1.17 bits per heavy atom. The van der Waals surface area contributed by atoms with Crippen LogP contribution in [0.5, 0.6) is 5.75 Å². The normalized spacial score (nSPS) is 12.7. The highest BCUT2D eigenvalue weighted by Crippen LogP contribution is 2.37. The van der Waals surface area contributed by atoms with Crippen LogP contribution in [0.3, 0.4) is 0 Å². The molecule has 18 heavy (non-hydrogen) atoms. The fourth-order valence-electron chi connectivity index (χ4n) is 1.46. The Balaban J connectivity index is 2.17. The quantitative estimate of drug-likeness (QED) is 0.665. The van der Waals surface area contributed by atoms with E-state index in [2.05, 4.69) is 20.7 Å². The number of hydrogen-bond acceptors (Lipinski definition) is 2. The average Bonchev–Trinajstić information content (AvgIpc) is 2.75. The van der Waals surface area contributed by atoms with E-state index in [1.54, 1.807) is 12.1 Å². The lowest BCUT2D eigenvalue weighted by Gasteiger charge is -2.10. The summed E-state index contributed by atoms with van der Waals surface area (Å²) in [4.78, 5) is 0.985. The van der Waals surface area contributed by atoms with Crippen LogP contribution in [-0.2, 0) is 0 Å². The van der Waals surface area contributed by atoms with E-state index in [1.807, 2.05) is 11.4 Å². The number of benzene rings is 1. The van der Waals surface area contributed by atoms with Gasteiger partial charge >= 0.3 is 6.61 Å². The van der Waals surface area contributed by atoms with Gasteiger partial charge in [-0.2, -0.15) is 8.78 Å². The first-order chi connectivity index (χ1) is 8.58. The zero-order valence-electron chi connectivity index (χ0n) is 8.95. The predicted molar refractivity (Wildman–Crippen MR) is 72.8 cm³/mol. The topological polar surface area (TPSA) is 9.23 Å². The van der Waals surface area contributed by atoms with Crippen LogP contribution in [0.15, 0.2) is 40.2 Å². The SMILES string of the molecule is FC(F)Oc1ccc(C(Cl)c2sccc2Br)cc1. The fourth-order valence-corrected chi connectivity index (χ4v) is 3.61. The second kappa shape index (κ2) is 5.99. The molecule has 0 saturated heterocycles. The van der Waals surface area contributed by atoms with Gasteiger partial charge in [-0.25, -0.2) is 0 Å². The number of thiophene rings is 1. The van der Waals surface area contributed by atoms with Gasteiger partial charge in [-0.3, -0.25) is 0 Å². The minimum absolute atomic E-state index is 0.128. The third-order valence-corrected chi connectivity index (χ3v) is 4.81. The first-order valence-electron chi connectivity index (χ1n) is 4.99. The largest absolute Gasteiger partial charge is 0.435 e. The average molecular weight is 354 g/mol. The minimum Gasteiger partial charge on any atom is -0.435 e. The van der Waals surface area contributed by atoms with Gasteiger partial charge in [0.05, 0.1) is 5.38 Å². The first-order valence-corrected chi connectivity index (χ1v) is 7.10. The van der Waals surface area contributed by atoms with E-state index in [1.165, 1.54) is 23.5 Å². The van der Waals surface area contributed by atoms with E-state index >= 15 is 0 Å². The molecule has 0 N–H and O–H groups in total. The van der Waals surface area contributed by atoms with Gasteiger partial charge in [0.25, 0.3) is 0 Å². The van der Waals surface area contributed by atoms with Crippen molar-refractivity contribution in [3.8, 4) is 5.75 Å². The molecule has 2 rings (SSSR count). The third kappa shape index (κ3) is 3.22. The Kier molecular flexibility index (Phi) is 4.59. The van der Waals surface area contributed by atoms with Crippen molar-refractivity contribution in [2.45, 2.75) is 12.0 Å². The molecule has 0 aliphatic heterocycles. The van der Waals surface area contributed by atoms with Gasteiger partial charge < -0.3 is 4.74 Å². The zero-order valence-corrected chi connectivity index (χ0v) is 12.1. The molecular formula is C12H8BrClF2OS. The maximum Gasteiger partial charge on any atom is 0.387 e. The van der Waals surface area contributed by atoms with Crippen molar-refractivity contribution in [3.05, 3.63) is 50.6 Å². The van der Waals surface area contributed by atoms with Crippen molar-refractivity contribution in [1.82, 2.24) is 0 Å². The van der Waals surface area contributed by atoms with Gasteiger partial charge in [-0.1, -0.05) is 12.1 Å². The molecule has 0 bridgehead atoms. The van der Waals surface area contributed by atoms with Crippen molar-refractivity contribution >= 4 is 38.9 Å². The third-order valence-electron chi connectivity index (χ3n) is 2.27. The van der Waals surface area contributed by atoms with Crippen LogP contribution < -0.4 is 4.74 Å². The molecule has 0 amide bonds. The van der Waals surface area contributed by atoms with Crippen molar-refractivity contribution < 1.29 is 13.5 Å². The van der Waals surface area contributed by atoms with Crippen LogP contribution in [0, 0.1) is 0 Å². The summed E-state index contributed by atoms with van der Waals surface area (Å²) in [5.41, 5.74) is 0.835. The molecule has 0 radical (unpaired) electrons. The lowest BCUT2D eigenvalue weighted by Crippen LogP contribution is -2.01. The molecule has 6 heteroatoms. The highest BCUT2D eigenvalue weighted by molar-refractivity contribution is 9.10. The standard InChI is InChI=1S/C12H8BrClF2OS/c13-9-5-6-18-11(9)10(14)7-1-3-8(4-2-7)17-12(15)16/h1-6,10,12H. The molecule has 0 aliphatic carbocycles. The Morgan fingerprint density at radius 2 is 1.83 bits per heavy atom. The fraction of sp³-hybridized carbons (Fsp3) is 0.167. The second-order valence-electron chi connectivity index (χ2n) is 3.44. The van der Waals surface area contributed by atoms with Crippen LogP contribution in [0.1, 0.15) is 15.8 Å². The molecule has 96 valence electrons. The van der Waals surface area contributed by atoms with E-state index in [0.717, 1.165) is 14.9 Å². The Labute approximate surface area is 120 Å². The monoisotopic (exact) mass is 352 g/mol.